The number of halogens is 4. The highest BCUT2D eigenvalue weighted by Crippen LogP contribution is 2.37. The van der Waals surface area contributed by atoms with Crippen LogP contribution in [-0.4, -0.2) is 28.8 Å². The van der Waals surface area contributed by atoms with E-state index in [-0.39, 0.29) is 22.6 Å². The maximum absolute atomic E-state index is 12.7. The first-order valence-electron chi connectivity index (χ1n) is 9.41. The van der Waals surface area contributed by atoms with Gasteiger partial charge in [-0.3, -0.25) is 0 Å². The van der Waals surface area contributed by atoms with E-state index < -0.39 is 11.5 Å². The molecular formula is C21H18ClF3N4OS. The van der Waals surface area contributed by atoms with Crippen molar-refractivity contribution in [2.75, 3.05) is 11.9 Å². The lowest BCUT2D eigenvalue weighted by atomic mass is 9.93. The number of hydrazone groups is 1. The fourth-order valence-corrected chi connectivity index (χ4v) is 3.84. The second-order valence-electron chi connectivity index (χ2n) is 6.82. The molecule has 0 saturated heterocycles. The molecule has 0 bridgehead atoms. The van der Waals surface area contributed by atoms with Gasteiger partial charge in [0.1, 0.15) is 0 Å². The van der Waals surface area contributed by atoms with E-state index in [0.717, 1.165) is 11.3 Å². The van der Waals surface area contributed by atoms with E-state index in [0.29, 0.717) is 36.5 Å². The van der Waals surface area contributed by atoms with Crippen LogP contribution in [0.3, 0.4) is 0 Å². The summed E-state index contributed by atoms with van der Waals surface area (Å²) in [5.41, 5.74) is -2.42. The van der Waals surface area contributed by atoms with Crippen molar-refractivity contribution in [3.8, 4) is 6.07 Å². The zero-order valence-corrected chi connectivity index (χ0v) is 17.8. The van der Waals surface area contributed by atoms with Crippen LogP contribution in [0.2, 0.25) is 5.02 Å². The Morgan fingerprint density at radius 1 is 1.23 bits per heavy atom. The summed E-state index contributed by atoms with van der Waals surface area (Å²) in [5.74, 6) is -0.0363. The van der Waals surface area contributed by atoms with Gasteiger partial charge in [-0.05, 0) is 66.6 Å². The molecule has 2 aromatic rings. The van der Waals surface area contributed by atoms with Crippen LogP contribution in [0, 0.1) is 17.2 Å². The molecule has 0 radical (unpaired) electrons. The summed E-state index contributed by atoms with van der Waals surface area (Å²) in [6, 6.07) is 14.2. The van der Waals surface area contributed by atoms with Crippen LogP contribution in [0.1, 0.15) is 24.8 Å². The summed E-state index contributed by atoms with van der Waals surface area (Å²) in [4.78, 5) is 12.7. The van der Waals surface area contributed by atoms with Gasteiger partial charge in [0.25, 0.3) is 0 Å². The summed E-state index contributed by atoms with van der Waals surface area (Å²) in [5, 5.41) is 17.8. The van der Waals surface area contributed by atoms with Crippen molar-refractivity contribution >= 4 is 40.8 Å². The van der Waals surface area contributed by atoms with Crippen LogP contribution < -0.4 is 5.32 Å². The summed E-state index contributed by atoms with van der Waals surface area (Å²) < 4.78 is 37.3. The monoisotopic (exact) mass is 466 g/mol. The Morgan fingerprint density at radius 3 is 2.52 bits per heavy atom. The van der Waals surface area contributed by atoms with Crippen molar-refractivity contribution in [3.63, 3.8) is 0 Å². The van der Waals surface area contributed by atoms with E-state index in [9.17, 15) is 18.0 Å². The third kappa shape index (κ3) is 6.64. The van der Waals surface area contributed by atoms with Gasteiger partial charge in [0, 0.05) is 27.9 Å². The molecular weight excluding hydrogens is 449 g/mol. The van der Waals surface area contributed by atoms with Crippen molar-refractivity contribution in [2.24, 2.45) is 11.0 Å². The molecule has 3 rings (SSSR count). The molecule has 1 aliphatic heterocycles. The third-order valence-electron chi connectivity index (χ3n) is 4.56. The molecule has 5 nitrogen and oxygen atoms in total. The summed E-state index contributed by atoms with van der Waals surface area (Å²) in [7, 11) is 0. The number of urea groups is 1. The maximum atomic E-state index is 12.7. The molecule has 0 aromatic heterocycles. The molecule has 2 amide bonds. The molecule has 162 valence electrons. The predicted molar refractivity (Wildman–Crippen MR) is 115 cm³/mol. The number of nitriles is 1. The molecule has 0 fully saturated rings. The van der Waals surface area contributed by atoms with Gasteiger partial charge in [-0.25, -0.2) is 9.80 Å². The number of hydrogen-bond donors (Lipinski definition) is 1. The fourth-order valence-electron chi connectivity index (χ4n) is 3.17. The van der Waals surface area contributed by atoms with Crippen molar-refractivity contribution < 1.29 is 18.0 Å². The predicted octanol–water partition coefficient (Wildman–Crippen LogP) is 6.51. The number of carbonyl (C=O) groups is 1. The van der Waals surface area contributed by atoms with Gasteiger partial charge >= 0.3 is 11.5 Å². The Labute approximate surface area is 186 Å². The summed E-state index contributed by atoms with van der Waals surface area (Å²) in [6.45, 7) is 0.344. The summed E-state index contributed by atoms with van der Waals surface area (Å²) in [6.07, 6.45) is 1.79. The van der Waals surface area contributed by atoms with Crippen LogP contribution in [0.15, 0.2) is 58.5 Å². The first-order chi connectivity index (χ1) is 14.7. The second-order valence-corrected chi connectivity index (χ2v) is 8.40. The van der Waals surface area contributed by atoms with Crippen molar-refractivity contribution in [1.29, 1.82) is 5.26 Å². The number of nitrogens with zero attached hydrogens (tertiary/aromatic N) is 3. The van der Waals surface area contributed by atoms with E-state index in [4.69, 9.17) is 16.9 Å². The Morgan fingerprint density at radius 2 is 1.90 bits per heavy atom. The molecule has 1 atom stereocenters. The van der Waals surface area contributed by atoms with Crippen LogP contribution in [-0.2, 0) is 0 Å². The van der Waals surface area contributed by atoms with E-state index in [1.165, 1.54) is 29.3 Å². The average Bonchev–Trinajstić information content (AvgIpc) is 3.13. The first-order valence-corrected chi connectivity index (χ1v) is 10.6. The van der Waals surface area contributed by atoms with Gasteiger partial charge < -0.3 is 5.32 Å². The van der Waals surface area contributed by atoms with Gasteiger partial charge in [-0.2, -0.15) is 23.5 Å². The minimum Gasteiger partial charge on any atom is -0.306 e. The molecule has 10 heteroatoms. The van der Waals surface area contributed by atoms with Crippen LogP contribution in [0.25, 0.3) is 0 Å². The Bertz CT molecular complexity index is 988. The van der Waals surface area contributed by atoms with Gasteiger partial charge in [-0.15, -0.1) is 0 Å². The van der Waals surface area contributed by atoms with Crippen molar-refractivity contribution in [2.45, 2.75) is 29.7 Å². The lowest BCUT2D eigenvalue weighted by Crippen LogP contribution is -2.30. The number of anilines is 1. The number of rotatable bonds is 6. The molecule has 1 unspecified atom stereocenters. The highest BCUT2D eigenvalue weighted by atomic mass is 35.5. The molecule has 1 aliphatic rings. The van der Waals surface area contributed by atoms with Crippen LogP contribution >= 0.6 is 23.4 Å². The number of carbonyl (C=O) groups excluding carboxylic acids is 1. The molecule has 2 aromatic carbocycles. The minimum absolute atomic E-state index is 0.0345. The minimum atomic E-state index is -4.37. The Balaban J connectivity index is 1.71. The highest BCUT2D eigenvalue weighted by Gasteiger charge is 2.31. The first kappa shape index (κ1) is 23.0. The zero-order chi connectivity index (χ0) is 22.4. The quantitative estimate of drug-likeness (QED) is 0.389. The number of unbranched alkanes of at least 4 members (excludes halogenated alkanes) is 1. The normalized spacial score (nSPS) is 16.0. The Hall–Kier alpha value is -2.70. The number of nitrogens with one attached hydrogen (secondary N) is 1. The van der Waals surface area contributed by atoms with Gasteiger partial charge in [0.05, 0.1) is 18.3 Å². The van der Waals surface area contributed by atoms with Gasteiger partial charge in [-0.1, -0.05) is 23.7 Å². The van der Waals surface area contributed by atoms with Crippen LogP contribution in [0.5, 0.6) is 0 Å². The highest BCUT2D eigenvalue weighted by molar-refractivity contribution is 8.00. The molecule has 0 spiro atoms. The fraction of sp³-hybridized carbons (Fsp3) is 0.286. The number of alkyl halides is 3. The van der Waals surface area contributed by atoms with E-state index >= 15 is 0 Å². The van der Waals surface area contributed by atoms with E-state index in [1.807, 2.05) is 12.1 Å². The molecule has 31 heavy (non-hydrogen) atoms. The lowest BCUT2D eigenvalue weighted by molar-refractivity contribution is -0.0328. The molecule has 0 saturated carbocycles. The zero-order valence-electron chi connectivity index (χ0n) is 16.2. The van der Waals surface area contributed by atoms with Crippen molar-refractivity contribution in [3.05, 3.63) is 59.1 Å². The Kier molecular flexibility index (Phi) is 7.46. The van der Waals surface area contributed by atoms with E-state index in [1.54, 1.807) is 12.1 Å². The summed E-state index contributed by atoms with van der Waals surface area (Å²) >= 11 is 5.74. The second kappa shape index (κ2) is 10.1. The smallest absolute Gasteiger partial charge is 0.306 e. The third-order valence-corrected chi connectivity index (χ3v) is 5.55. The largest absolute Gasteiger partial charge is 0.446 e. The standard InChI is InChI=1S/C21H18ClF3N4OS/c22-16-6-4-14(5-7-16)19-15(3-1-2-12-26)13-29(28-19)20(30)27-17-8-10-18(11-9-17)31-21(23,24)25/h4-11,15H,1-3,13H2,(H,27,30). The topological polar surface area (TPSA) is 68.5 Å². The van der Waals surface area contributed by atoms with Gasteiger partial charge in [0.15, 0.2) is 0 Å². The number of benzene rings is 2. The van der Waals surface area contributed by atoms with E-state index in [2.05, 4.69) is 16.5 Å². The van der Waals surface area contributed by atoms with Crippen molar-refractivity contribution in [1.82, 2.24) is 5.01 Å². The average molecular weight is 467 g/mol. The number of hydrogen-bond acceptors (Lipinski definition) is 4. The number of thioether (sulfide) groups is 1. The van der Waals surface area contributed by atoms with Crippen LogP contribution in [0.4, 0.5) is 23.7 Å². The molecule has 0 aliphatic carbocycles. The maximum Gasteiger partial charge on any atom is 0.446 e. The molecule has 1 heterocycles. The SMILES string of the molecule is N#CCCCC1CN(C(=O)Nc2ccc(SC(F)(F)F)cc2)N=C1c1ccc(Cl)cc1. The van der Waals surface area contributed by atoms with Gasteiger partial charge in [0.2, 0.25) is 0 Å². The number of amides is 2. The lowest BCUT2D eigenvalue weighted by Gasteiger charge is -2.15. The molecule has 1 N–H and O–H groups in total.